The highest BCUT2D eigenvalue weighted by atomic mass is 35.5. The zero-order valence-electron chi connectivity index (χ0n) is 25.3. The molecule has 3 N–H and O–H groups in total. The van der Waals surface area contributed by atoms with E-state index >= 15 is 0 Å². The van der Waals surface area contributed by atoms with E-state index in [1.54, 1.807) is 18.0 Å². The summed E-state index contributed by atoms with van der Waals surface area (Å²) in [6, 6.07) is 18.6. The molecule has 0 aliphatic rings. The molecule has 0 unspecified atom stereocenters. The van der Waals surface area contributed by atoms with Crippen molar-refractivity contribution in [2.45, 2.75) is 4.90 Å². The summed E-state index contributed by atoms with van der Waals surface area (Å²) in [7, 11) is -6.31. The van der Waals surface area contributed by atoms with E-state index in [9.17, 15) is 26.5 Å². The number of anilines is 3. The predicted molar refractivity (Wildman–Crippen MR) is 185 cm³/mol. The van der Waals surface area contributed by atoms with Crippen LogP contribution in [0.2, 0.25) is 5.28 Å². The molecule has 0 amide bonds. The molecule has 0 saturated heterocycles. The number of phenolic OH excluding ortho intramolecular Hbond substituents is 1. The third kappa shape index (κ3) is 8.83. The number of hydrogen-bond donors (Lipinski definition) is 3. The number of halogens is 2. The lowest BCUT2D eigenvalue weighted by Gasteiger charge is -2.18. The van der Waals surface area contributed by atoms with Gasteiger partial charge in [-0.1, -0.05) is 36.4 Å². The van der Waals surface area contributed by atoms with Crippen LogP contribution >= 0.6 is 23.2 Å². The number of sulfone groups is 1. The Morgan fingerprint density at radius 3 is 2.40 bits per heavy atom. The van der Waals surface area contributed by atoms with E-state index in [-0.39, 0.29) is 82.2 Å². The van der Waals surface area contributed by atoms with Gasteiger partial charge in [0.15, 0.2) is 15.6 Å². The van der Waals surface area contributed by atoms with Gasteiger partial charge in [-0.3, -0.25) is 4.55 Å². The number of benzene rings is 4. The number of ether oxygens (including phenoxy) is 1. The molecule has 5 aromatic rings. The van der Waals surface area contributed by atoms with Crippen LogP contribution in [0.1, 0.15) is 0 Å². The van der Waals surface area contributed by atoms with E-state index in [4.69, 9.17) is 27.9 Å². The molecule has 14 nitrogen and oxygen atoms in total. The molecule has 0 saturated carbocycles. The molecule has 5 rings (SSSR count). The Bertz CT molecular complexity index is 2220. The first-order chi connectivity index (χ1) is 22.8. The van der Waals surface area contributed by atoms with Gasteiger partial charge in [0.25, 0.3) is 10.1 Å². The minimum absolute atomic E-state index is 0.00941. The second-order valence-corrected chi connectivity index (χ2v) is 14.9. The molecule has 0 fully saturated rings. The summed E-state index contributed by atoms with van der Waals surface area (Å²) in [5.74, 6) is -0.611. The highest BCUT2D eigenvalue weighted by Gasteiger charge is 2.19. The van der Waals surface area contributed by atoms with Crippen LogP contribution < -0.4 is 10.2 Å². The highest BCUT2D eigenvalue weighted by molar-refractivity contribution is 7.91. The van der Waals surface area contributed by atoms with Crippen molar-refractivity contribution in [1.29, 1.82) is 0 Å². The average molecular weight is 735 g/mol. The van der Waals surface area contributed by atoms with Gasteiger partial charge in [0.2, 0.25) is 17.2 Å². The monoisotopic (exact) mass is 733 g/mol. The van der Waals surface area contributed by atoms with Crippen LogP contribution in [0, 0.1) is 0 Å². The molecule has 0 radical (unpaired) electrons. The summed E-state index contributed by atoms with van der Waals surface area (Å²) < 4.78 is 63.1. The predicted octanol–water partition coefficient (Wildman–Crippen LogP) is 6.05. The number of azo groups is 1. The first-order valence-corrected chi connectivity index (χ1v) is 18.4. The lowest BCUT2D eigenvalue weighted by molar-refractivity contribution is 0.156. The molecule has 0 aliphatic heterocycles. The van der Waals surface area contributed by atoms with Crippen LogP contribution in [0.3, 0.4) is 0 Å². The number of phenols is 1. The van der Waals surface area contributed by atoms with Crippen LogP contribution in [0.5, 0.6) is 5.75 Å². The Kier molecular flexibility index (Phi) is 10.9. The number of likely N-dealkylation sites (N-methyl/N-ethyl adjacent to an activating group) is 1. The number of alkyl halides is 1. The largest absolute Gasteiger partial charge is 0.505 e. The van der Waals surface area contributed by atoms with Crippen molar-refractivity contribution in [2.24, 2.45) is 10.2 Å². The molecule has 18 heteroatoms. The first kappa shape index (κ1) is 35.1. The number of aromatic nitrogens is 3. The SMILES string of the molecule is CN(CCOCCS(=O)(=O)CCCl)c1nc(Cl)nc(Nc2cc(S(=O)(=O)O)cc3ccc(N=Nc4ccc5ccccc5c4)c(O)c23)n1. The molecule has 0 bridgehead atoms. The Morgan fingerprint density at radius 2 is 1.65 bits per heavy atom. The van der Waals surface area contributed by atoms with Crippen molar-refractivity contribution in [2.75, 3.05) is 54.4 Å². The molecule has 0 spiro atoms. The van der Waals surface area contributed by atoms with Gasteiger partial charge in [-0.05, 0) is 58.1 Å². The molecule has 0 atom stereocenters. The summed E-state index contributed by atoms with van der Waals surface area (Å²) in [6.45, 7) is 0.385. The maximum Gasteiger partial charge on any atom is 0.294 e. The summed E-state index contributed by atoms with van der Waals surface area (Å²) in [4.78, 5) is 13.7. The number of nitrogens with zero attached hydrogens (tertiary/aromatic N) is 6. The maximum absolute atomic E-state index is 12.1. The topological polar surface area (TPSA) is 197 Å². The van der Waals surface area contributed by atoms with Crippen LogP contribution in [0.4, 0.5) is 29.0 Å². The Hall–Kier alpha value is -4.19. The standard InChI is InChI=1S/C30H29Cl2N7O7S2/c1-39(11-12-46-13-15-47(41,42)14-10-31)30-35-28(32)34-29(36-30)33-25-18-23(48(43,44)45)17-21-7-9-24(27(40)26(21)25)38-37-22-8-6-19-4-2-3-5-20(19)16-22/h2-9,16-18,40H,10-15H2,1H3,(H,43,44,45)(H,33,34,35,36). The number of hydrogen-bond acceptors (Lipinski definition) is 13. The molecule has 0 aliphatic carbocycles. The van der Waals surface area contributed by atoms with Gasteiger partial charge in [-0.25, -0.2) is 8.42 Å². The smallest absolute Gasteiger partial charge is 0.294 e. The number of fused-ring (bicyclic) bond motifs is 2. The second-order valence-electron chi connectivity index (χ2n) is 10.4. The van der Waals surface area contributed by atoms with Gasteiger partial charge >= 0.3 is 0 Å². The number of nitrogens with one attached hydrogen (secondary N) is 1. The van der Waals surface area contributed by atoms with Crippen molar-refractivity contribution in [1.82, 2.24) is 15.0 Å². The van der Waals surface area contributed by atoms with E-state index in [2.05, 4.69) is 30.5 Å². The summed E-state index contributed by atoms with van der Waals surface area (Å²) in [6.07, 6.45) is 0. The van der Waals surface area contributed by atoms with Crippen LogP contribution in [0.15, 0.2) is 81.9 Å². The zero-order chi connectivity index (χ0) is 34.5. The zero-order valence-corrected chi connectivity index (χ0v) is 28.4. The minimum Gasteiger partial charge on any atom is -0.505 e. The Morgan fingerprint density at radius 1 is 0.896 bits per heavy atom. The fourth-order valence-electron chi connectivity index (χ4n) is 4.58. The molecule has 4 aromatic carbocycles. The lowest BCUT2D eigenvalue weighted by atomic mass is 10.1. The molecular formula is C30H29Cl2N7O7S2. The van der Waals surface area contributed by atoms with Crippen molar-refractivity contribution in [3.05, 3.63) is 72.0 Å². The first-order valence-electron chi connectivity index (χ1n) is 14.2. The fourth-order valence-corrected chi connectivity index (χ4v) is 6.80. The van der Waals surface area contributed by atoms with E-state index in [1.165, 1.54) is 18.2 Å². The van der Waals surface area contributed by atoms with Crippen LogP contribution in [-0.4, -0.2) is 85.6 Å². The third-order valence-electron chi connectivity index (χ3n) is 7.03. The van der Waals surface area contributed by atoms with Crippen molar-refractivity contribution >= 4 is 93.7 Å². The van der Waals surface area contributed by atoms with Gasteiger partial charge < -0.3 is 20.1 Å². The Labute approximate surface area is 286 Å². The normalized spacial score (nSPS) is 12.2. The molecular weight excluding hydrogens is 705 g/mol. The quantitative estimate of drug-likeness (QED) is 0.0518. The fraction of sp³-hybridized carbons (Fsp3) is 0.233. The summed E-state index contributed by atoms with van der Waals surface area (Å²) in [5.41, 5.74) is 0.645. The van der Waals surface area contributed by atoms with E-state index in [0.29, 0.717) is 5.69 Å². The van der Waals surface area contributed by atoms with E-state index < -0.39 is 24.9 Å². The highest BCUT2D eigenvalue weighted by Crippen LogP contribution is 2.42. The third-order valence-corrected chi connectivity index (χ3v) is 10.1. The average Bonchev–Trinajstić information content (AvgIpc) is 3.03. The molecule has 252 valence electrons. The van der Waals surface area contributed by atoms with Crippen molar-refractivity contribution in [3.8, 4) is 5.75 Å². The van der Waals surface area contributed by atoms with Crippen LogP contribution in [-0.2, 0) is 24.7 Å². The van der Waals surface area contributed by atoms with Gasteiger partial charge in [0.05, 0.1) is 41.0 Å². The van der Waals surface area contributed by atoms with E-state index in [0.717, 1.165) is 16.8 Å². The van der Waals surface area contributed by atoms with Gasteiger partial charge in [0.1, 0.15) is 5.69 Å². The van der Waals surface area contributed by atoms with Crippen molar-refractivity contribution < 1.29 is 31.2 Å². The second kappa shape index (κ2) is 14.9. The molecule has 1 heterocycles. The molecule has 48 heavy (non-hydrogen) atoms. The Balaban J connectivity index is 1.42. The number of rotatable bonds is 14. The maximum atomic E-state index is 12.1. The van der Waals surface area contributed by atoms with E-state index in [1.807, 2.05) is 36.4 Å². The van der Waals surface area contributed by atoms with Gasteiger partial charge in [-0.15, -0.1) is 16.7 Å². The minimum atomic E-state index is -4.66. The lowest BCUT2D eigenvalue weighted by Crippen LogP contribution is -2.26. The summed E-state index contributed by atoms with van der Waals surface area (Å²) in [5, 5.41) is 24.9. The van der Waals surface area contributed by atoms with Gasteiger partial charge in [0, 0.05) is 24.9 Å². The van der Waals surface area contributed by atoms with Crippen molar-refractivity contribution in [3.63, 3.8) is 0 Å². The van der Waals surface area contributed by atoms with Gasteiger partial charge in [-0.2, -0.15) is 28.5 Å². The molecule has 1 aromatic heterocycles. The van der Waals surface area contributed by atoms with Crippen LogP contribution in [0.25, 0.3) is 21.5 Å². The number of aromatic hydroxyl groups is 1. The summed E-state index contributed by atoms with van der Waals surface area (Å²) >= 11 is 11.7.